The van der Waals surface area contributed by atoms with Crippen LogP contribution in [0.2, 0.25) is 0 Å². The Labute approximate surface area is 143 Å². The molecule has 0 saturated carbocycles. The fourth-order valence-corrected chi connectivity index (χ4v) is 3.59. The Morgan fingerprint density at radius 1 is 1.17 bits per heavy atom. The van der Waals surface area contributed by atoms with Crippen molar-refractivity contribution in [1.29, 1.82) is 0 Å². The third kappa shape index (κ3) is 3.53. The highest BCUT2D eigenvalue weighted by atomic mass is 16.3. The second-order valence-corrected chi connectivity index (χ2v) is 6.76. The van der Waals surface area contributed by atoms with Crippen LogP contribution in [0.25, 0.3) is 5.69 Å². The molecule has 5 nitrogen and oxygen atoms in total. The van der Waals surface area contributed by atoms with Crippen LogP contribution >= 0.6 is 0 Å². The van der Waals surface area contributed by atoms with Crippen molar-refractivity contribution >= 4 is 0 Å². The summed E-state index contributed by atoms with van der Waals surface area (Å²) in [4.78, 5) is 2.42. The third-order valence-corrected chi connectivity index (χ3v) is 5.19. The van der Waals surface area contributed by atoms with E-state index < -0.39 is 6.10 Å². The van der Waals surface area contributed by atoms with Crippen LogP contribution in [-0.2, 0) is 6.54 Å². The van der Waals surface area contributed by atoms with E-state index in [1.807, 2.05) is 22.9 Å². The average molecular weight is 329 g/mol. The molecule has 1 atom stereocenters. The first-order valence-corrected chi connectivity index (χ1v) is 8.72. The van der Waals surface area contributed by atoms with Crippen LogP contribution in [0.5, 0.6) is 0 Å². The molecule has 1 unspecified atom stereocenters. The highest BCUT2D eigenvalue weighted by Gasteiger charge is 2.25. The van der Waals surface area contributed by atoms with Gasteiger partial charge in [-0.15, -0.1) is 0 Å². The van der Waals surface area contributed by atoms with Crippen LogP contribution in [0.4, 0.5) is 0 Å². The minimum atomic E-state index is -0.573. The SMILES string of the molecule is Cc1nn(-c2ccccc2)c(C)c1CN1CCC(C(O)CO)CC1. The molecule has 1 saturated heterocycles. The summed E-state index contributed by atoms with van der Waals surface area (Å²) in [5, 5.41) is 23.6. The number of hydrogen-bond donors (Lipinski definition) is 2. The molecule has 0 bridgehead atoms. The first kappa shape index (κ1) is 17.1. The van der Waals surface area contributed by atoms with Crippen molar-refractivity contribution < 1.29 is 10.2 Å². The first-order valence-electron chi connectivity index (χ1n) is 8.72. The molecule has 2 aromatic rings. The van der Waals surface area contributed by atoms with E-state index in [-0.39, 0.29) is 12.5 Å². The lowest BCUT2D eigenvalue weighted by Crippen LogP contribution is -2.38. The van der Waals surface area contributed by atoms with Crippen LogP contribution in [0.1, 0.15) is 29.8 Å². The van der Waals surface area contributed by atoms with Gasteiger partial charge in [-0.1, -0.05) is 18.2 Å². The number of aliphatic hydroxyl groups excluding tert-OH is 2. The Morgan fingerprint density at radius 3 is 2.46 bits per heavy atom. The third-order valence-electron chi connectivity index (χ3n) is 5.19. The van der Waals surface area contributed by atoms with Gasteiger partial charge in [-0.05, 0) is 57.8 Å². The number of aliphatic hydroxyl groups is 2. The first-order chi connectivity index (χ1) is 11.6. The molecule has 0 spiro atoms. The summed E-state index contributed by atoms with van der Waals surface area (Å²) in [7, 11) is 0. The molecule has 0 aliphatic carbocycles. The molecule has 24 heavy (non-hydrogen) atoms. The predicted molar refractivity (Wildman–Crippen MR) is 94.1 cm³/mol. The summed E-state index contributed by atoms with van der Waals surface area (Å²) in [6.07, 6.45) is 1.30. The van der Waals surface area contributed by atoms with E-state index in [4.69, 9.17) is 10.2 Å². The molecular weight excluding hydrogens is 302 g/mol. The second-order valence-electron chi connectivity index (χ2n) is 6.76. The van der Waals surface area contributed by atoms with Gasteiger partial charge in [0.25, 0.3) is 0 Å². The summed E-state index contributed by atoms with van der Waals surface area (Å²) in [6, 6.07) is 10.2. The van der Waals surface area contributed by atoms with Crippen molar-refractivity contribution in [2.45, 2.75) is 39.3 Å². The molecule has 2 N–H and O–H groups in total. The smallest absolute Gasteiger partial charge is 0.0799 e. The van der Waals surface area contributed by atoms with Crippen LogP contribution < -0.4 is 0 Å². The number of hydrogen-bond acceptors (Lipinski definition) is 4. The maximum absolute atomic E-state index is 9.79. The van der Waals surface area contributed by atoms with Crippen LogP contribution in [0, 0.1) is 19.8 Å². The monoisotopic (exact) mass is 329 g/mol. The molecule has 0 radical (unpaired) electrons. The normalized spacial score (nSPS) is 18.0. The van der Waals surface area contributed by atoms with Gasteiger partial charge in [0, 0.05) is 17.8 Å². The standard InChI is InChI=1S/C19H27N3O2/c1-14-18(12-21-10-8-16(9-11-21)19(24)13-23)15(2)22(20-14)17-6-4-3-5-7-17/h3-7,16,19,23-24H,8-13H2,1-2H3. The van der Waals surface area contributed by atoms with E-state index in [0.29, 0.717) is 0 Å². The van der Waals surface area contributed by atoms with Gasteiger partial charge in [-0.3, -0.25) is 4.90 Å². The molecule has 1 fully saturated rings. The fraction of sp³-hybridized carbons (Fsp3) is 0.526. The van der Waals surface area contributed by atoms with Crippen molar-refractivity contribution in [2.75, 3.05) is 19.7 Å². The van der Waals surface area contributed by atoms with E-state index in [1.165, 1.54) is 11.3 Å². The number of para-hydroxylation sites is 1. The summed E-state index contributed by atoms with van der Waals surface area (Å²) in [5.74, 6) is 0.223. The fourth-order valence-electron chi connectivity index (χ4n) is 3.59. The van der Waals surface area contributed by atoms with Gasteiger partial charge in [0.1, 0.15) is 0 Å². The Morgan fingerprint density at radius 2 is 1.83 bits per heavy atom. The minimum Gasteiger partial charge on any atom is -0.394 e. The van der Waals surface area contributed by atoms with Gasteiger partial charge in [-0.2, -0.15) is 5.10 Å². The Kier molecular flexibility index (Phi) is 5.33. The van der Waals surface area contributed by atoms with E-state index >= 15 is 0 Å². The second kappa shape index (κ2) is 7.47. The summed E-state index contributed by atoms with van der Waals surface area (Å²) >= 11 is 0. The predicted octanol–water partition coefficient (Wildman–Crippen LogP) is 2.05. The lowest BCUT2D eigenvalue weighted by atomic mass is 9.91. The Bertz CT molecular complexity index is 661. The van der Waals surface area contributed by atoms with E-state index in [2.05, 4.69) is 30.9 Å². The Balaban J connectivity index is 1.70. The number of likely N-dealkylation sites (tertiary alicyclic amines) is 1. The van der Waals surface area contributed by atoms with Gasteiger partial charge >= 0.3 is 0 Å². The molecular formula is C19H27N3O2. The van der Waals surface area contributed by atoms with Crippen LogP contribution in [-0.4, -0.2) is 50.7 Å². The van der Waals surface area contributed by atoms with Gasteiger partial charge < -0.3 is 10.2 Å². The number of benzene rings is 1. The van der Waals surface area contributed by atoms with Crippen molar-refractivity contribution in [3.8, 4) is 5.69 Å². The van der Waals surface area contributed by atoms with Crippen molar-refractivity contribution in [1.82, 2.24) is 14.7 Å². The highest BCUT2D eigenvalue weighted by molar-refractivity contribution is 5.36. The lowest BCUT2D eigenvalue weighted by Gasteiger charge is -2.33. The quantitative estimate of drug-likeness (QED) is 0.881. The number of rotatable bonds is 5. The van der Waals surface area contributed by atoms with E-state index in [0.717, 1.165) is 43.9 Å². The number of piperidine rings is 1. The summed E-state index contributed by atoms with van der Waals surface area (Å²) < 4.78 is 2.02. The number of aryl methyl sites for hydroxylation is 1. The number of aromatic nitrogens is 2. The molecule has 3 rings (SSSR count). The zero-order valence-corrected chi connectivity index (χ0v) is 14.5. The molecule has 130 valence electrons. The molecule has 1 aliphatic heterocycles. The van der Waals surface area contributed by atoms with Crippen LogP contribution in [0.3, 0.4) is 0 Å². The van der Waals surface area contributed by atoms with Gasteiger partial charge in [-0.25, -0.2) is 4.68 Å². The number of nitrogens with zero attached hydrogens (tertiary/aromatic N) is 3. The maximum atomic E-state index is 9.79. The van der Waals surface area contributed by atoms with Gasteiger partial charge in [0.05, 0.1) is 24.1 Å². The molecule has 1 aliphatic rings. The molecule has 1 aromatic carbocycles. The molecule has 2 heterocycles. The van der Waals surface area contributed by atoms with E-state index in [1.54, 1.807) is 0 Å². The van der Waals surface area contributed by atoms with E-state index in [9.17, 15) is 5.11 Å². The zero-order chi connectivity index (χ0) is 17.1. The molecule has 5 heteroatoms. The van der Waals surface area contributed by atoms with Crippen molar-refractivity contribution in [3.63, 3.8) is 0 Å². The largest absolute Gasteiger partial charge is 0.394 e. The van der Waals surface area contributed by atoms with Crippen LogP contribution in [0.15, 0.2) is 30.3 Å². The minimum absolute atomic E-state index is 0.132. The van der Waals surface area contributed by atoms with Gasteiger partial charge in [0.2, 0.25) is 0 Å². The highest BCUT2D eigenvalue weighted by Crippen LogP contribution is 2.24. The Hall–Kier alpha value is -1.69. The maximum Gasteiger partial charge on any atom is 0.0799 e. The summed E-state index contributed by atoms with van der Waals surface area (Å²) in [5.41, 5.74) is 4.65. The average Bonchev–Trinajstić information content (AvgIpc) is 2.90. The lowest BCUT2D eigenvalue weighted by molar-refractivity contribution is 0.0171. The van der Waals surface area contributed by atoms with Gasteiger partial charge in [0.15, 0.2) is 0 Å². The topological polar surface area (TPSA) is 61.5 Å². The van der Waals surface area contributed by atoms with Crippen molar-refractivity contribution in [2.24, 2.45) is 5.92 Å². The zero-order valence-electron chi connectivity index (χ0n) is 14.5. The molecule has 0 amide bonds. The molecule has 1 aromatic heterocycles. The summed E-state index contributed by atoms with van der Waals surface area (Å²) in [6.45, 7) is 6.88. The van der Waals surface area contributed by atoms with Crippen molar-refractivity contribution in [3.05, 3.63) is 47.3 Å².